The second-order valence-electron chi connectivity index (χ2n) is 3.38. The Morgan fingerprint density at radius 2 is 2.38 bits per heavy atom. The summed E-state index contributed by atoms with van der Waals surface area (Å²) in [4.78, 5) is 0. The largest absolute Gasteiger partial charge is 0.494 e. The van der Waals surface area contributed by atoms with Gasteiger partial charge in [-0.05, 0) is 31.8 Å². The maximum Gasteiger partial charge on any atom is 0.111 e. The zero-order valence-electron chi connectivity index (χ0n) is 8.22. The van der Waals surface area contributed by atoms with Crippen LogP contribution in [-0.2, 0) is 4.74 Å². The van der Waals surface area contributed by atoms with E-state index in [-0.39, 0.29) is 0 Å². The Bertz CT molecular complexity index is 213. The monoisotopic (exact) mass is 178 g/mol. The second kappa shape index (κ2) is 5.63. The fourth-order valence-electron chi connectivity index (χ4n) is 1.50. The molecule has 0 N–H and O–H groups in total. The molecule has 0 saturated heterocycles. The van der Waals surface area contributed by atoms with Crippen LogP contribution in [0.25, 0.3) is 0 Å². The van der Waals surface area contributed by atoms with Crippen molar-refractivity contribution in [3.63, 3.8) is 0 Å². The van der Waals surface area contributed by atoms with Gasteiger partial charge in [0.1, 0.15) is 5.76 Å². The summed E-state index contributed by atoms with van der Waals surface area (Å²) in [6.07, 6.45) is 10.2. The maximum absolute atomic E-state index is 5.34. The van der Waals surface area contributed by atoms with Crippen molar-refractivity contribution in [3.05, 3.63) is 36.6 Å². The predicted octanol–water partition coefficient (Wildman–Crippen LogP) is 3.59. The summed E-state index contributed by atoms with van der Waals surface area (Å²) in [5.41, 5.74) is 1.54. The lowest BCUT2D eigenvalue weighted by Gasteiger charge is -2.12. The van der Waals surface area contributed by atoms with Gasteiger partial charge in [0.15, 0.2) is 0 Å². The van der Waals surface area contributed by atoms with E-state index in [2.05, 4.69) is 19.2 Å². The van der Waals surface area contributed by atoms with Crippen LogP contribution in [0.4, 0.5) is 0 Å². The molecule has 0 amide bonds. The fourth-order valence-corrected chi connectivity index (χ4v) is 1.50. The first-order chi connectivity index (χ1) is 6.33. The lowest BCUT2D eigenvalue weighted by Crippen LogP contribution is -1.98. The van der Waals surface area contributed by atoms with Gasteiger partial charge in [-0.3, -0.25) is 0 Å². The average Bonchev–Trinajstić information content (AvgIpc) is 2.19. The molecular formula is C12H18O. The molecule has 0 radical (unpaired) electrons. The minimum absolute atomic E-state index is 0.677. The van der Waals surface area contributed by atoms with Crippen molar-refractivity contribution in [1.29, 1.82) is 0 Å². The molecule has 1 nitrogen and oxygen atoms in total. The molecule has 0 unspecified atom stereocenters. The van der Waals surface area contributed by atoms with Crippen LogP contribution in [0.5, 0.6) is 0 Å². The summed E-state index contributed by atoms with van der Waals surface area (Å²) in [6.45, 7) is 8.03. The lowest BCUT2D eigenvalue weighted by molar-refractivity contribution is 0.228. The van der Waals surface area contributed by atoms with Crippen molar-refractivity contribution in [1.82, 2.24) is 0 Å². The summed E-state index contributed by atoms with van der Waals surface area (Å²) in [5.74, 6) is 0.677. The van der Waals surface area contributed by atoms with Gasteiger partial charge < -0.3 is 4.74 Å². The molecule has 72 valence electrons. The van der Waals surface area contributed by atoms with Crippen LogP contribution in [0.15, 0.2) is 36.6 Å². The molecule has 1 rings (SSSR count). The Kier molecular flexibility index (Phi) is 4.37. The molecule has 0 aromatic carbocycles. The first kappa shape index (κ1) is 10.1. The highest BCUT2D eigenvalue weighted by Crippen LogP contribution is 2.20. The van der Waals surface area contributed by atoms with E-state index in [4.69, 9.17) is 4.74 Å². The van der Waals surface area contributed by atoms with Crippen molar-refractivity contribution in [2.24, 2.45) is 0 Å². The van der Waals surface area contributed by atoms with Crippen LogP contribution >= 0.6 is 0 Å². The van der Waals surface area contributed by atoms with E-state index in [1.807, 2.05) is 0 Å². The van der Waals surface area contributed by atoms with Crippen LogP contribution in [0.3, 0.4) is 0 Å². The van der Waals surface area contributed by atoms with Gasteiger partial charge in [0.25, 0.3) is 0 Å². The van der Waals surface area contributed by atoms with Crippen LogP contribution in [0.2, 0.25) is 0 Å². The quantitative estimate of drug-likeness (QED) is 0.355. The van der Waals surface area contributed by atoms with Crippen molar-refractivity contribution in [2.75, 3.05) is 6.61 Å². The van der Waals surface area contributed by atoms with Gasteiger partial charge in [-0.25, -0.2) is 0 Å². The van der Waals surface area contributed by atoms with E-state index in [9.17, 15) is 0 Å². The van der Waals surface area contributed by atoms with Gasteiger partial charge in [-0.15, -0.1) is 0 Å². The van der Waals surface area contributed by atoms with Gasteiger partial charge >= 0.3 is 0 Å². The molecular weight excluding hydrogens is 160 g/mol. The third-order valence-corrected chi connectivity index (χ3v) is 2.32. The van der Waals surface area contributed by atoms with Crippen molar-refractivity contribution in [3.8, 4) is 0 Å². The van der Waals surface area contributed by atoms with E-state index in [0.29, 0.717) is 5.76 Å². The fraction of sp³-hybridized carbons (Fsp3) is 0.500. The highest BCUT2D eigenvalue weighted by atomic mass is 16.5. The first-order valence-corrected chi connectivity index (χ1v) is 4.95. The molecule has 0 saturated carbocycles. The van der Waals surface area contributed by atoms with E-state index in [1.165, 1.54) is 25.7 Å². The molecule has 13 heavy (non-hydrogen) atoms. The van der Waals surface area contributed by atoms with Gasteiger partial charge in [-0.1, -0.05) is 24.8 Å². The molecule has 0 spiro atoms. The van der Waals surface area contributed by atoms with Crippen molar-refractivity contribution < 1.29 is 4.74 Å². The predicted molar refractivity (Wildman–Crippen MR) is 56.5 cm³/mol. The van der Waals surface area contributed by atoms with Crippen LogP contribution in [0.1, 0.15) is 32.1 Å². The van der Waals surface area contributed by atoms with Crippen LogP contribution < -0.4 is 0 Å². The van der Waals surface area contributed by atoms with E-state index in [1.54, 1.807) is 11.6 Å². The van der Waals surface area contributed by atoms with Crippen LogP contribution in [-0.4, -0.2) is 6.61 Å². The molecule has 1 heteroatoms. The zero-order valence-corrected chi connectivity index (χ0v) is 8.22. The van der Waals surface area contributed by atoms with Crippen molar-refractivity contribution in [2.45, 2.75) is 32.1 Å². The van der Waals surface area contributed by atoms with E-state index >= 15 is 0 Å². The first-order valence-electron chi connectivity index (χ1n) is 4.95. The molecule has 0 aromatic heterocycles. The maximum atomic E-state index is 5.34. The SMILES string of the molecule is C=CC(=C)OCCC1=CCCCC1. The van der Waals surface area contributed by atoms with Gasteiger partial charge in [0.2, 0.25) is 0 Å². The number of rotatable bonds is 5. The standard InChI is InChI=1S/C12H18O/c1-3-11(2)13-10-9-12-7-5-4-6-8-12/h3,7H,1-2,4-6,8-10H2. The lowest BCUT2D eigenvalue weighted by atomic mass is 9.98. The summed E-state index contributed by atoms with van der Waals surface area (Å²) in [5, 5.41) is 0. The Hall–Kier alpha value is -0.980. The minimum Gasteiger partial charge on any atom is -0.494 e. The normalized spacial score (nSPS) is 16.2. The number of hydrogen-bond acceptors (Lipinski definition) is 1. The Labute approximate surface area is 80.8 Å². The Morgan fingerprint density at radius 1 is 1.54 bits per heavy atom. The Balaban J connectivity index is 2.14. The van der Waals surface area contributed by atoms with Gasteiger partial charge in [-0.2, -0.15) is 0 Å². The second-order valence-corrected chi connectivity index (χ2v) is 3.38. The molecule has 0 fully saturated rings. The molecule has 0 bridgehead atoms. The summed E-state index contributed by atoms with van der Waals surface area (Å²) in [7, 11) is 0. The molecule has 0 aliphatic heterocycles. The third kappa shape index (κ3) is 3.97. The van der Waals surface area contributed by atoms with Crippen molar-refractivity contribution >= 4 is 0 Å². The molecule has 0 heterocycles. The third-order valence-electron chi connectivity index (χ3n) is 2.32. The number of allylic oxidation sites excluding steroid dienone is 2. The summed E-state index contributed by atoms with van der Waals surface area (Å²) >= 11 is 0. The summed E-state index contributed by atoms with van der Waals surface area (Å²) in [6, 6.07) is 0. The zero-order chi connectivity index (χ0) is 9.52. The molecule has 1 aliphatic rings. The number of hydrogen-bond donors (Lipinski definition) is 0. The topological polar surface area (TPSA) is 9.23 Å². The molecule has 1 aliphatic carbocycles. The van der Waals surface area contributed by atoms with Gasteiger partial charge in [0, 0.05) is 6.42 Å². The van der Waals surface area contributed by atoms with Crippen LogP contribution in [0, 0.1) is 0 Å². The van der Waals surface area contributed by atoms with E-state index < -0.39 is 0 Å². The highest BCUT2D eigenvalue weighted by Gasteiger charge is 2.02. The minimum atomic E-state index is 0.677. The molecule has 0 atom stereocenters. The molecule has 0 aromatic rings. The summed E-state index contributed by atoms with van der Waals surface area (Å²) < 4.78 is 5.34. The van der Waals surface area contributed by atoms with Gasteiger partial charge in [0.05, 0.1) is 6.61 Å². The average molecular weight is 178 g/mol. The Morgan fingerprint density at radius 3 is 3.00 bits per heavy atom. The number of ether oxygens (including phenoxy) is 1. The smallest absolute Gasteiger partial charge is 0.111 e. The highest BCUT2D eigenvalue weighted by molar-refractivity contribution is 5.06. The van der Waals surface area contributed by atoms with E-state index in [0.717, 1.165) is 13.0 Å².